The molecule has 4 heteroatoms. The van der Waals surface area contributed by atoms with E-state index in [0.717, 1.165) is 42.9 Å². The van der Waals surface area contributed by atoms with Crippen LogP contribution in [0.25, 0.3) is 0 Å². The van der Waals surface area contributed by atoms with Gasteiger partial charge in [0, 0.05) is 25.8 Å². The molecule has 0 aliphatic carbocycles. The Balaban J connectivity index is 1.51. The lowest BCUT2D eigenvalue weighted by atomic mass is 10.1. The number of aliphatic hydroxyl groups is 1. The molecule has 1 heterocycles. The zero-order valence-electron chi connectivity index (χ0n) is 13.9. The van der Waals surface area contributed by atoms with Gasteiger partial charge in [-0.25, -0.2) is 0 Å². The van der Waals surface area contributed by atoms with E-state index in [-0.39, 0.29) is 0 Å². The van der Waals surface area contributed by atoms with E-state index >= 15 is 0 Å². The Morgan fingerprint density at radius 2 is 1.88 bits per heavy atom. The van der Waals surface area contributed by atoms with E-state index in [1.165, 1.54) is 0 Å². The van der Waals surface area contributed by atoms with Gasteiger partial charge >= 0.3 is 0 Å². The third-order valence-corrected chi connectivity index (χ3v) is 4.31. The zero-order valence-corrected chi connectivity index (χ0v) is 13.9. The van der Waals surface area contributed by atoms with Crippen LogP contribution in [0.2, 0.25) is 0 Å². The standard InChI is InChI=1S/C20H25NO3/c22-20(14-21-18-9-11-23-12-10-18)17-7-4-8-19(13-17)24-15-16-5-2-1-3-6-16/h1-8,13,18,20-22H,9-12,14-15H2/t20-/m0/s1. The molecule has 3 rings (SSSR count). The van der Waals surface area contributed by atoms with E-state index < -0.39 is 6.10 Å². The van der Waals surface area contributed by atoms with Crippen LogP contribution in [-0.4, -0.2) is 30.9 Å². The third kappa shape index (κ3) is 5.06. The fourth-order valence-electron chi connectivity index (χ4n) is 2.85. The fourth-order valence-corrected chi connectivity index (χ4v) is 2.85. The molecular formula is C20H25NO3. The van der Waals surface area contributed by atoms with Crippen molar-refractivity contribution in [1.82, 2.24) is 5.32 Å². The molecule has 0 amide bonds. The van der Waals surface area contributed by atoms with Gasteiger partial charge in [0.25, 0.3) is 0 Å². The molecule has 128 valence electrons. The summed E-state index contributed by atoms with van der Waals surface area (Å²) in [6, 6.07) is 18.2. The van der Waals surface area contributed by atoms with Gasteiger partial charge in [0.1, 0.15) is 12.4 Å². The fraction of sp³-hybridized carbons (Fsp3) is 0.400. The first kappa shape index (κ1) is 17.0. The van der Waals surface area contributed by atoms with Crippen LogP contribution in [0, 0.1) is 0 Å². The van der Waals surface area contributed by atoms with Gasteiger partial charge in [0.05, 0.1) is 6.10 Å². The first-order valence-electron chi connectivity index (χ1n) is 8.57. The molecule has 2 aromatic carbocycles. The average Bonchev–Trinajstić information content (AvgIpc) is 2.66. The Bertz CT molecular complexity index is 611. The Labute approximate surface area is 143 Å². The van der Waals surface area contributed by atoms with Crippen LogP contribution < -0.4 is 10.1 Å². The quantitative estimate of drug-likeness (QED) is 0.821. The maximum absolute atomic E-state index is 10.4. The second kappa shape index (κ2) is 8.83. The topological polar surface area (TPSA) is 50.7 Å². The largest absolute Gasteiger partial charge is 0.489 e. The molecule has 0 aromatic heterocycles. The molecule has 0 bridgehead atoms. The molecule has 0 saturated carbocycles. The number of ether oxygens (including phenoxy) is 2. The van der Waals surface area contributed by atoms with E-state index in [4.69, 9.17) is 9.47 Å². The Hall–Kier alpha value is -1.88. The van der Waals surface area contributed by atoms with Crippen molar-refractivity contribution in [1.29, 1.82) is 0 Å². The van der Waals surface area contributed by atoms with Gasteiger partial charge in [0.15, 0.2) is 0 Å². The summed E-state index contributed by atoms with van der Waals surface area (Å²) in [5.41, 5.74) is 2.00. The highest BCUT2D eigenvalue weighted by Gasteiger charge is 2.15. The normalized spacial score (nSPS) is 16.7. The first-order valence-corrected chi connectivity index (χ1v) is 8.57. The van der Waals surface area contributed by atoms with Crippen molar-refractivity contribution in [2.45, 2.75) is 31.6 Å². The lowest BCUT2D eigenvalue weighted by Gasteiger charge is -2.24. The summed E-state index contributed by atoms with van der Waals surface area (Å²) >= 11 is 0. The highest BCUT2D eigenvalue weighted by atomic mass is 16.5. The smallest absolute Gasteiger partial charge is 0.120 e. The Morgan fingerprint density at radius 3 is 2.67 bits per heavy atom. The van der Waals surface area contributed by atoms with Crippen molar-refractivity contribution in [2.75, 3.05) is 19.8 Å². The van der Waals surface area contributed by atoms with Gasteiger partial charge in [-0.15, -0.1) is 0 Å². The SMILES string of the molecule is O[C@@H](CNC1CCOCC1)c1cccc(OCc2ccccc2)c1. The van der Waals surface area contributed by atoms with E-state index in [1.54, 1.807) is 0 Å². The molecule has 0 unspecified atom stereocenters. The van der Waals surface area contributed by atoms with Gasteiger partial charge in [0.2, 0.25) is 0 Å². The van der Waals surface area contributed by atoms with Crippen LogP contribution in [0.3, 0.4) is 0 Å². The maximum Gasteiger partial charge on any atom is 0.120 e. The predicted molar refractivity (Wildman–Crippen MR) is 94.0 cm³/mol. The van der Waals surface area contributed by atoms with Gasteiger partial charge in [-0.1, -0.05) is 42.5 Å². The lowest BCUT2D eigenvalue weighted by Crippen LogP contribution is -2.37. The van der Waals surface area contributed by atoms with Crippen LogP contribution in [0.5, 0.6) is 5.75 Å². The maximum atomic E-state index is 10.4. The van der Waals surface area contributed by atoms with Crippen molar-refractivity contribution >= 4 is 0 Å². The zero-order chi connectivity index (χ0) is 16.6. The van der Waals surface area contributed by atoms with Crippen LogP contribution in [0.4, 0.5) is 0 Å². The van der Waals surface area contributed by atoms with Crippen molar-refractivity contribution < 1.29 is 14.6 Å². The summed E-state index contributed by atoms with van der Waals surface area (Å²) in [4.78, 5) is 0. The molecule has 0 spiro atoms. The number of hydrogen-bond donors (Lipinski definition) is 2. The molecule has 1 aliphatic rings. The van der Waals surface area contributed by atoms with Crippen molar-refractivity contribution in [3.05, 3.63) is 65.7 Å². The number of nitrogens with one attached hydrogen (secondary N) is 1. The summed E-state index contributed by atoms with van der Waals surface area (Å²) in [6.45, 7) is 2.68. The third-order valence-electron chi connectivity index (χ3n) is 4.31. The Morgan fingerprint density at radius 1 is 1.08 bits per heavy atom. The molecule has 1 fully saturated rings. The number of aliphatic hydroxyl groups excluding tert-OH is 1. The molecule has 0 radical (unpaired) electrons. The highest BCUT2D eigenvalue weighted by molar-refractivity contribution is 5.30. The second-order valence-electron chi connectivity index (χ2n) is 6.16. The summed E-state index contributed by atoms with van der Waals surface area (Å²) < 4.78 is 11.2. The first-order chi connectivity index (χ1) is 11.8. The van der Waals surface area contributed by atoms with E-state index in [2.05, 4.69) is 5.32 Å². The molecule has 1 atom stereocenters. The lowest BCUT2D eigenvalue weighted by molar-refractivity contribution is 0.0724. The summed E-state index contributed by atoms with van der Waals surface area (Å²) in [6.07, 6.45) is 1.48. The molecule has 2 N–H and O–H groups in total. The van der Waals surface area contributed by atoms with E-state index in [1.807, 2.05) is 54.6 Å². The van der Waals surface area contributed by atoms with E-state index in [0.29, 0.717) is 19.2 Å². The van der Waals surface area contributed by atoms with Crippen molar-refractivity contribution in [2.24, 2.45) is 0 Å². The van der Waals surface area contributed by atoms with Gasteiger partial charge in [-0.3, -0.25) is 0 Å². The van der Waals surface area contributed by atoms with Gasteiger partial charge in [-0.05, 0) is 36.1 Å². The van der Waals surface area contributed by atoms with Gasteiger partial charge < -0.3 is 19.9 Å². The van der Waals surface area contributed by atoms with Crippen LogP contribution in [-0.2, 0) is 11.3 Å². The number of benzene rings is 2. The highest BCUT2D eigenvalue weighted by Crippen LogP contribution is 2.20. The van der Waals surface area contributed by atoms with Crippen LogP contribution in [0.1, 0.15) is 30.1 Å². The van der Waals surface area contributed by atoms with Crippen LogP contribution in [0.15, 0.2) is 54.6 Å². The minimum absolute atomic E-state index is 0.436. The Kier molecular flexibility index (Phi) is 6.24. The molecule has 1 saturated heterocycles. The molecule has 1 aliphatic heterocycles. The average molecular weight is 327 g/mol. The molecule has 4 nitrogen and oxygen atoms in total. The predicted octanol–water partition coefficient (Wildman–Crippen LogP) is 3.07. The van der Waals surface area contributed by atoms with Crippen LogP contribution >= 0.6 is 0 Å². The molecule has 2 aromatic rings. The minimum Gasteiger partial charge on any atom is -0.489 e. The molecule has 24 heavy (non-hydrogen) atoms. The van der Waals surface area contributed by atoms with Gasteiger partial charge in [-0.2, -0.15) is 0 Å². The summed E-state index contributed by atoms with van der Waals surface area (Å²) in [7, 11) is 0. The number of hydrogen-bond acceptors (Lipinski definition) is 4. The summed E-state index contributed by atoms with van der Waals surface area (Å²) in [5.74, 6) is 0.779. The van der Waals surface area contributed by atoms with Crippen molar-refractivity contribution in [3.63, 3.8) is 0 Å². The number of rotatable bonds is 7. The summed E-state index contributed by atoms with van der Waals surface area (Å²) in [5, 5.41) is 13.8. The van der Waals surface area contributed by atoms with Crippen molar-refractivity contribution in [3.8, 4) is 5.75 Å². The second-order valence-corrected chi connectivity index (χ2v) is 6.16. The molecular weight excluding hydrogens is 302 g/mol. The van der Waals surface area contributed by atoms with E-state index in [9.17, 15) is 5.11 Å². The minimum atomic E-state index is -0.534. The monoisotopic (exact) mass is 327 g/mol.